The Kier molecular flexibility index (Phi) is 7.82. The van der Waals surface area contributed by atoms with E-state index in [-0.39, 0.29) is 24.8 Å². The third kappa shape index (κ3) is 6.25. The van der Waals surface area contributed by atoms with E-state index in [9.17, 15) is 4.79 Å². The number of aliphatic hydroxyl groups excluding tert-OH is 1. The van der Waals surface area contributed by atoms with Gasteiger partial charge >= 0.3 is 6.03 Å². The van der Waals surface area contributed by atoms with Crippen molar-refractivity contribution in [2.75, 3.05) is 19.8 Å². The molecular formula is C14H28N2O3. The lowest BCUT2D eigenvalue weighted by Gasteiger charge is -2.23. The number of aliphatic hydroxyl groups is 1. The smallest absolute Gasteiger partial charge is 0.315 e. The maximum atomic E-state index is 11.5. The number of nitrogens with one attached hydrogen (secondary N) is 2. The van der Waals surface area contributed by atoms with Gasteiger partial charge in [0.2, 0.25) is 0 Å². The number of ether oxygens (including phenoxy) is 1. The summed E-state index contributed by atoms with van der Waals surface area (Å²) < 4.78 is 5.80. The number of urea groups is 1. The molecule has 0 spiro atoms. The van der Waals surface area contributed by atoms with Crippen LogP contribution in [0.5, 0.6) is 0 Å². The molecule has 0 heterocycles. The monoisotopic (exact) mass is 272 g/mol. The minimum Gasteiger partial charge on any atom is -0.394 e. The molecule has 2 atom stereocenters. The lowest BCUT2D eigenvalue weighted by Crippen LogP contribution is -2.43. The highest BCUT2D eigenvalue weighted by molar-refractivity contribution is 5.74. The molecule has 1 aliphatic carbocycles. The van der Waals surface area contributed by atoms with E-state index in [1.54, 1.807) is 6.92 Å². The fourth-order valence-corrected chi connectivity index (χ4v) is 2.65. The molecule has 0 aromatic rings. The Labute approximate surface area is 116 Å². The van der Waals surface area contributed by atoms with Crippen LogP contribution < -0.4 is 10.6 Å². The number of carbonyl (C=O) groups is 1. The molecule has 1 saturated carbocycles. The fraction of sp³-hybridized carbons (Fsp3) is 0.929. The number of amides is 2. The highest BCUT2D eigenvalue weighted by Gasteiger charge is 2.25. The first-order valence-electron chi connectivity index (χ1n) is 7.44. The second-order valence-corrected chi connectivity index (χ2v) is 5.31. The molecule has 1 fully saturated rings. The van der Waals surface area contributed by atoms with Crippen LogP contribution in [0.15, 0.2) is 0 Å². The summed E-state index contributed by atoms with van der Waals surface area (Å²) in [5.74, 6) is 0.654. The Morgan fingerprint density at radius 3 is 2.68 bits per heavy atom. The number of carbonyl (C=O) groups excluding carboxylic acids is 1. The van der Waals surface area contributed by atoms with E-state index in [4.69, 9.17) is 9.84 Å². The first-order valence-corrected chi connectivity index (χ1v) is 7.44. The molecule has 5 heteroatoms. The Morgan fingerprint density at radius 2 is 2.11 bits per heavy atom. The van der Waals surface area contributed by atoms with Gasteiger partial charge in [-0.1, -0.05) is 12.8 Å². The summed E-state index contributed by atoms with van der Waals surface area (Å²) in [5, 5.41) is 14.3. The van der Waals surface area contributed by atoms with Gasteiger partial charge in [-0.15, -0.1) is 0 Å². The van der Waals surface area contributed by atoms with Gasteiger partial charge in [0.15, 0.2) is 0 Å². The number of hydrogen-bond donors (Lipinski definition) is 3. The van der Waals surface area contributed by atoms with Gasteiger partial charge in [0, 0.05) is 13.2 Å². The Bertz CT molecular complexity index is 255. The van der Waals surface area contributed by atoms with Crippen LogP contribution in [0.1, 0.15) is 46.0 Å². The third-order valence-electron chi connectivity index (χ3n) is 3.67. The van der Waals surface area contributed by atoms with Gasteiger partial charge < -0.3 is 20.5 Å². The summed E-state index contributed by atoms with van der Waals surface area (Å²) in [6.07, 6.45) is 6.23. The topological polar surface area (TPSA) is 70.6 Å². The summed E-state index contributed by atoms with van der Waals surface area (Å²) >= 11 is 0. The average Bonchev–Trinajstić information content (AvgIpc) is 2.91. The summed E-state index contributed by atoms with van der Waals surface area (Å²) in [6, 6.07) is -0.430. The lowest BCUT2D eigenvalue weighted by atomic mass is 9.98. The zero-order valence-corrected chi connectivity index (χ0v) is 12.2. The van der Waals surface area contributed by atoms with Crippen molar-refractivity contribution in [3.05, 3.63) is 0 Å². The molecule has 3 N–H and O–H groups in total. The zero-order chi connectivity index (χ0) is 14.1. The van der Waals surface area contributed by atoms with Crippen LogP contribution in [0.3, 0.4) is 0 Å². The molecule has 19 heavy (non-hydrogen) atoms. The molecule has 0 bridgehead atoms. The Hall–Kier alpha value is -0.810. The average molecular weight is 272 g/mol. The predicted molar refractivity (Wildman–Crippen MR) is 75.1 cm³/mol. The summed E-state index contributed by atoms with van der Waals surface area (Å²) in [7, 11) is 0. The Balaban J connectivity index is 2.22. The van der Waals surface area contributed by atoms with Gasteiger partial charge in [-0.25, -0.2) is 4.79 Å². The normalized spacial score (nSPS) is 19.1. The van der Waals surface area contributed by atoms with Crippen LogP contribution in [0.4, 0.5) is 4.79 Å². The molecule has 1 rings (SSSR count). The largest absolute Gasteiger partial charge is 0.394 e. The van der Waals surface area contributed by atoms with Crippen molar-refractivity contribution < 1.29 is 14.6 Å². The molecule has 0 saturated heterocycles. The molecular weight excluding hydrogens is 244 g/mol. The molecule has 2 unspecified atom stereocenters. The molecule has 0 aromatic carbocycles. The number of rotatable bonds is 8. The van der Waals surface area contributed by atoms with Crippen molar-refractivity contribution in [3.63, 3.8) is 0 Å². The predicted octanol–water partition coefficient (Wildman–Crippen LogP) is 1.65. The molecule has 112 valence electrons. The zero-order valence-electron chi connectivity index (χ0n) is 12.2. The molecule has 0 radical (unpaired) electrons. The second kappa shape index (κ2) is 9.15. The highest BCUT2D eigenvalue weighted by Crippen LogP contribution is 2.30. The van der Waals surface area contributed by atoms with Crippen LogP contribution in [0.2, 0.25) is 0 Å². The third-order valence-corrected chi connectivity index (χ3v) is 3.67. The van der Waals surface area contributed by atoms with Crippen LogP contribution >= 0.6 is 0 Å². The van der Waals surface area contributed by atoms with Crippen LogP contribution in [-0.4, -0.2) is 43.0 Å². The molecule has 0 aliphatic heterocycles. The maximum absolute atomic E-state index is 11.5. The van der Waals surface area contributed by atoms with Gasteiger partial charge in [0.1, 0.15) is 0 Å². The molecule has 2 amide bonds. The minimum atomic E-state index is -0.219. The van der Waals surface area contributed by atoms with Crippen LogP contribution in [0, 0.1) is 5.92 Å². The number of hydrogen-bond acceptors (Lipinski definition) is 3. The van der Waals surface area contributed by atoms with E-state index in [1.165, 1.54) is 25.7 Å². The summed E-state index contributed by atoms with van der Waals surface area (Å²) in [6.45, 7) is 5.09. The van der Waals surface area contributed by atoms with Crippen molar-refractivity contribution in [1.29, 1.82) is 0 Å². The van der Waals surface area contributed by atoms with Crippen molar-refractivity contribution in [2.24, 2.45) is 5.92 Å². The van der Waals surface area contributed by atoms with Crippen molar-refractivity contribution >= 4 is 6.03 Å². The van der Waals surface area contributed by atoms with Gasteiger partial charge in [0.25, 0.3) is 0 Å². The van der Waals surface area contributed by atoms with Crippen molar-refractivity contribution in [1.82, 2.24) is 10.6 Å². The van der Waals surface area contributed by atoms with Crippen molar-refractivity contribution in [3.8, 4) is 0 Å². The molecule has 1 aliphatic rings. The van der Waals surface area contributed by atoms with Gasteiger partial charge in [0.05, 0.1) is 18.8 Å². The van der Waals surface area contributed by atoms with E-state index >= 15 is 0 Å². The van der Waals surface area contributed by atoms with E-state index in [0.717, 1.165) is 13.0 Å². The summed E-state index contributed by atoms with van der Waals surface area (Å²) in [5.41, 5.74) is 0. The maximum Gasteiger partial charge on any atom is 0.315 e. The standard InChI is InChI=1S/C14H28N2O3/c1-3-19-13(12-6-4-5-7-12)8-9-15-14(18)16-11(2)10-17/h11-13,17H,3-10H2,1-2H3,(H2,15,16,18). The van der Waals surface area contributed by atoms with Gasteiger partial charge in [-0.2, -0.15) is 0 Å². The SMILES string of the molecule is CCOC(CCNC(=O)NC(C)CO)C1CCCC1. The molecule has 5 nitrogen and oxygen atoms in total. The van der Waals surface area contributed by atoms with Gasteiger partial charge in [-0.05, 0) is 39.0 Å². The Morgan fingerprint density at radius 1 is 1.42 bits per heavy atom. The molecule has 0 aromatic heterocycles. The second-order valence-electron chi connectivity index (χ2n) is 5.31. The van der Waals surface area contributed by atoms with Crippen molar-refractivity contribution in [2.45, 2.75) is 58.1 Å². The van der Waals surface area contributed by atoms with Crippen LogP contribution in [-0.2, 0) is 4.74 Å². The quantitative estimate of drug-likeness (QED) is 0.629. The lowest BCUT2D eigenvalue weighted by molar-refractivity contribution is 0.0167. The van der Waals surface area contributed by atoms with E-state index in [1.807, 2.05) is 6.92 Å². The van der Waals surface area contributed by atoms with Crippen LogP contribution in [0.25, 0.3) is 0 Å². The fourth-order valence-electron chi connectivity index (χ4n) is 2.65. The first-order chi connectivity index (χ1) is 9.17. The van der Waals surface area contributed by atoms with E-state index in [0.29, 0.717) is 12.5 Å². The van der Waals surface area contributed by atoms with Gasteiger partial charge in [-0.3, -0.25) is 0 Å². The van der Waals surface area contributed by atoms with E-state index < -0.39 is 0 Å². The highest BCUT2D eigenvalue weighted by atomic mass is 16.5. The first kappa shape index (κ1) is 16.2. The van der Waals surface area contributed by atoms with E-state index in [2.05, 4.69) is 10.6 Å². The minimum absolute atomic E-state index is 0.0446. The summed E-state index contributed by atoms with van der Waals surface area (Å²) in [4.78, 5) is 11.5.